The van der Waals surface area contributed by atoms with Gasteiger partial charge in [-0.3, -0.25) is 0 Å². The van der Waals surface area contributed by atoms with Gasteiger partial charge in [0.15, 0.2) is 0 Å². The van der Waals surface area contributed by atoms with Crippen molar-refractivity contribution in [2.24, 2.45) is 0 Å². The molecule has 106 valence electrons. The normalized spacial score (nSPS) is 12.0. The summed E-state index contributed by atoms with van der Waals surface area (Å²) < 4.78 is 24.2. The van der Waals surface area contributed by atoms with Gasteiger partial charge in [0.05, 0.1) is 13.2 Å². The van der Waals surface area contributed by atoms with Gasteiger partial charge in [-0.05, 0) is 36.8 Å². The lowest BCUT2D eigenvalue weighted by Crippen LogP contribution is -2.00. The molecule has 0 aromatic heterocycles. The van der Waals surface area contributed by atoms with E-state index in [4.69, 9.17) is 9.47 Å². The number of aliphatic hydroxyl groups is 1. The molecule has 20 heavy (non-hydrogen) atoms. The van der Waals surface area contributed by atoms with E-state index in [9.17, 15) is 9.50 Å². The third kappa shape index (κ3) is 3.48. The Morgan fingerprint density at radius 1 is 1.15 bits per heavy atom. The first-order chi connectivity index (χ1) is 9.60. The molecule has 2 rings (SSSR count). The molecule has 0 aliphatic heterocycles. The summed E-state index contributed by atoms with van der Waals surface area (Å²) in [4.78, 5) is 0. The lowest BCUT2D eigenvalue weighted by Gasteiger charge is -2.10. The fourth-order valence-electron chi connectivity index (χ4n) is 1.80. The van der Waals surface area contributed by atoms with E-state index >= 15 is 0 Å². The van der Waals surface area contributed by atoms with Crippen LogP contribution in [0.5, 0.6) is 11.5 Å². The maximum atomic E-state index is 13.7. The summed E-state index contributed by atoms with van der Waals surface area (Å²) in [7, 11) is 1.49. The summed E-state index contributed by atoms with van der Waals surface area (Å²) >= 11 is 0. The van der Waals surface area contributed by atoms with Gasteiger partial charge < -0.3 is 14.6 Å². The Bertz CT molecular complexity index is 582. The fraction of sp³-hybridized carbons (Fsp3) is 0.250. The van der Waals surface area contributed by atoms with Crippen LogP contribution in [-0.2, 0) is 6.61 Å². The molecular formula is C16H17FO3. The zero-order valence-corrected chi connectivity index (χ0v) is 11.5. The molecule has 0 unspecified atom stereocenters. The van der Waals surface area contributed by atoms with Crippen LogP contribution in [0.1, 0.15) is 24.2 Å². The average Bonchev–Trinajstić information content (AvgIpc) is 2.46. The van der Waals surface area contributed by atoms with Gasteiger partial charge in [-0.2, -0.15) is 0 Å². The Balaban J connectivity index is 2.07. The maximum absolute atomic E-state index is 13.7. The second-order valence-corrected chi connectivity index (χ2v) is 4.49. The van der Waals surface area contributed by atoms with E-state index in [0.29, 0.717) is 17.1 Å². The number of halogens is 1. The van der Waals surface area contributed by atoms with Crippen molar-refractivity contribution in [2.45, 2.75) is 19.6 Å². The second kappa shape index (κ2) is 6.39. The minimum Gasteiger partial charge on any atom is -0.497 e. The van der Waals surface area contributed by atoms with E-state index in [-0.39, 0.29) is 12.4 Å². The van der Waals surface area contributed by atoms with Crippen molar-refractivity contribution >= 4 is 0 Å². The van der Waals surface area contributed by atoms with Crippen molar-refractivity contribution in [1.82, 2.24) is 0 Å². The van der Waals surface area contributed by atoms with Crippen LogP contribution in [0, 0.1) is 5.82 Å². The zero-order valence-electron chi connectivity index (χ0n) is 11.5. The molecule has 0 saturated heterocycles. The molecule has 0 radical (unpaired) electrons. The summed E-state index contributed by atoms with van der Waals surface area (Å²) in [6, 6.07) is 11.8. The minimum atomic E-state index is -0.559. The molecule has 1 atom stereocenters. The number of methoxy groups -OCH3 is 1. The van der Waals surface area contributed by atoms with Gasteiger partial charge in [0.1, 0.15) is 23.9 Å². The van der Waals surface area contributed by atoms with Gasteiger partial charge in [0.2, 0.25) is 0 Å². The van der Waals surface area contributed by atoms with Gasteiger partial charge >= 0.3 is 0 Å². The van der Waals surface area contributed by atoms with Crippen LogP contribution < -0.4 is 9.47 Å². The van der Waals surface area contributed by atoms with E-state index in [2.05, 4.69) is 0 Å². The van der Waals surface area contributed by atoms with Crippen molar-refractivity contribution in [3.05, 3.63) is 59.4 Å². The average molecular weight is 276 g/mol. The van der Waals surface area contributed by atoms with E-state index in [1.807, 2.05) is 6.07 Å². The summed E-state index contributed by atoms with van der Waals surface area (Å²) in [6.45, 7) is 1.81. The Morgan fingerprint density at radius 2 is 1.95 bits per heavy atom. The molecule has 2 aromatic carbocycles. The van der Waals surface area contributed by atoms with Crippen LogP contribution in [0.15, 0.2) is 42.5 Å². The van der Waals surface area contributed by atoms with Crippen LogP contribution in [-0.4, -0.2) is 12.2 Å². The number of rotatable bonds is 5. The summed E-state index contributed by atoms with van der Waals surface area (Å²) in [5.41, 5.74) is 1.21. The maximum Gasteiger partial charge on any atom is 0.133 e. The molecule has 0 bridgehead atoms. The van der Waals surface area contributed by atoms with Crippen molar-refractivity contribution in [3.63, 3.8) is 0 Å². The molecule has 0 aliphatic rings. The molecule has 0 spiro atoms. The van der Waals surface area contributed by atoms with Crippen molar-refractivity contribution < 1.29 is 19.0 Å². The quantitative estimate of drug-likeness (QED) is 0.908. The molecule has 4 heteroatoms. The van der Waals surface area contributed by atoms with Crippen molar-refractivity contribution in [3.8, 4) is 11.5 Å². The van der Waals surface area contributed by atoms with Crippen LogP contribution >= 0.6 is 0 Å². The van der Waals surface area contributed by atoms with E-state index in [1.54, 1.807) is 37.3 Å². The van der Waals surface area contributed by atoms with E-state index in [1.165, 1.54) is 13.2 Å². The van der Waals surface area contributed by atoms with Gasteiger partial charge in [0.25, 0.3) is 0 Å². The highest BCUT2D eigenvalue weighted by atomic mass is 19.1. The third-order valence-corrected chi connectivity index (χ3v) is 3.00. The minimum absolute atomic E-state index is 0.124. The second-order valence-electron chi connectivity index (χ2n) is 4.49. The SMILES string of the molecule is COc1ccc(COc2cccc([C@@H](C)O)c2)c(F)c1. The summed E-state index contributed by atoms with van der Waals surface area (Å²) in [6.07, 6.45) is -0.559. The van der Waals surface area contributed by atoms with Crippen LogP contribution in [0.4, 0.5) is 4.39 Å². The number of ether oxygens (including phenoxy) is 2. The van der Waals surface area contributed by atoms with E-state index < -0.39 is 6.10 Å². The highest BCUT2D eigenvalue weighted by Gasteiger charge is 2.06. The molecule has 0 saturated carbocycles. The molecule has 0 aliphatic carbocycles. The first-order valence-corrected chi connectivity index (χ1v) is 6.33. The zero-order chi connectivity index (χ0) is 14.5. The van der Waals surface area contributed by atoms with E-state index in [0.717, 1.165) is 5.56 Å². The smallest absolute Gasteiger partial charge is 0.133 e. The van der Waals surface area contributed by atoms with Gasteiger partial charge in [-0.15, -0.1) is 0 Å². The Hall–Kier alpha value is -2.07. The van der Waals surface area contributed by atoms with Gasteiger partial charge in [0, 0.05) is 11.6 Å². The standard InChI is InChI=1S/C16H17FO3/c1-11(18)12-4-3-5-15(8-12)20-10-13-6-7-14(19-2)9-16(13)17/h3-9,11,18H,10H2,1-2H3/t11-/m1/s1. The first-order valence-electron chi connectivity index (χ1n) is 6.33. The lowest BCUT2D eigenvalue weighted by atomic mass is 10.1. The predicted molar refractivity (Wildman–Crippen MR) is 74.4 cm³/mol. The topological polar surface area (TPSA) is 38.7 Å². The van der Waals surface area contributed by atoms with Crippen molar-refractivity contribution in [1.29, 1.82) is 0 Å². The highest BCUT2D eigenvalue weighted by Crippen LogP contribution is 2.21. The van der Waals surface area contributed by atoms with Gasteiger partial charge in [-0.25, -0.2) is 4.39 Å². The first kappa shape index (κ1) is 14.3. The van der Waals surface area contributed by atoms with Gasteiger partial charge in [-0.1, -0.05) is 12.1 Å². The Labute approximate surface area is 117 Å². The van der Waals surface area contributed by atoms with Crippen molar-refractivity contribution in [2.75, 3.05) is 7.11 Å². The van der Waals surface area contributed by atoms with Crippen LogP contribution in [0.3, 0.4) is 0 Å². The predicted octanol–water partition coefficient (Wildman–Crippen LogP) is 3.47. The number of hydrogen-bond acceptors (Lipinski definition) is 3. The lowest BCUT2D eigenvalue weighted by molar-refractivity contribution is 0.198. The number of benzene rings is 2. The molecule has 0 heterocycles. The highest BCUT2D eigenvalue weighted by molar-refractivity contribution is 5.31. The molecular weight excluding hydrogens is 259 g/mol. The van der Waals surface area contributed by atoms with Crippen LogP contribution in [0.2, 0.25) is 0 Å². The number of aliphatic hydroxyl groups excluding tert-OH is 1. The van der Waals surface area contributed by atoms with Crippen LogP contribution in [0.25, 0.3) is 0 Å². The summed E-state index contributed by atoms with van der Waals surface area (Å²) in [5, 5.41) is 9.51. The largest absolute Gasteiger partial charge is 0.497 e. The Kier molecular flexibility index (Phi) is 4.58. The number of hydrogen-bond donors (Lipinski definition) is 1. The molecule has 2 aromatic rings. The Morgan fingerprint density at radius 3 is 2.60 bits per heavy atom. The fourth-order valence-corrected chi connectivity index (χ4v) is 1.80. The monoisotopic (exact) mass is 276 g/mol. The summed E-state index contributed by atoms with van der Waals surface area (Å²) in [5.74, 6) is 0.706. The molecule has 1 N–H and O–H groups in total. The third-order valence-electron chi connectivity index (χ3n) is 3.00. The molecule has 0 fully saturated rings. The molecule has 0 amide bonds. The molecule has 3 nitrogen and oxygen atoms in total.